The summed E-state index contributed by atoms with van der Waals surface area (Å²) in [6, 6.07) is 0. The van der Waals surface area contributed by atoms with E-state index in [1.165, 1.54) is 0 Å². The van der Waals surface area contributed by atoms with Crippen molar-refractivity contribution in [1.82, 2.24) is 0 Å². The molecule has 1 heterocycles. The number of rotatable bonds is 0. The van der Waals surface area contributed by atoms with Crippen LogP contribution in [-0.2, 0) is 104 Å². The van der Waals surface area contributed by atoms with Crippen LogP contribution in [0.25, 0.3) is 0 Å². The van der Waals surface area contributed by atoms with Gasteiger partial charge in [-0.2, -0.15) is 0 Å². The molecule has 0 aromatic carbocycles. The Morgan fingerprint density at radius 1 is 0.333 bits per heavy atom. The van der Waals surface area contributed by atoms with Gasteiger partial charge in [0.05, 0.1) is 0 Å². The molecule has 0 saturated carbocycles. The zero-order chi connectivity index (χ0) is 19.2. The molecule has 0 atom stereocenters. The second-order valence-electron chi connectivity index (χ2n) is 3.17. The van der Waals surface area contributed by atoms with Crippen molar-refractivity contribution in [2.24, 2.45) is 0 Å². The van der Waals surface area contributed by atoms with Gasteiger partial charge in [0, 0.05) is 0 Å². The van der Waals surface area contributed by atoms with Crippen LogP contribution in [0.1, 0.15) is 0 Å². The summed E-state index contributed by atoms with van der Waals surface area (Å²) in [6.45, 7) is 0. The molecule has 0 aliphatic carbocycles. The molecule has 0 unspecified atom stereocenters. The van der Waals surface area contributed by atoms with Gasteiger partial charge in [-0.25, -0.2) is 25.9 Å². The van der Waals surface area contributed by atoms with Crippen molar-refractivity contribution >= 4 is 46.9 Å². The Labute approximate surface area is 179 Å². The second kappa shape index (κ2) is 10.8. The first-order valence-electron chi connectivity index (χ1n) is 4.38. The molecular weight excluding hydrogens is 651 g/mol. The van der Waals surface area contributed by atoms with Crippen LogP contribution in [0.5, 0.6) is 0 Å². The van der Waals surface area contributed by atoms with Crippen LogP contribution in [-0.4, -0.2) is 0 Å². The summed E-state index contributed by atoms with van der Waals surface area (Å²) < 4.78 is 83.4. The van der Waals surface area contributed by atoms with E-state index in [9.17, 15) is 56.8 Å². The van der Waals surface area contributed by atoms with Gasteiger partial charge in [0.15, 0.2) is 0 Å². The first-order valence-corrected chi connectivity index (χ1v) is 13.1. The molecular formula is Co3O18P6. The van der Waals surface area contributed by atoms with Crippen molar-refractivity contribution in [2.75, 3.05) is 0 Å². The summed E-state index contributed by atoms with van der Waals surface area (Å²) in [5, 5.41) is 0. The molecule has 0 bridgehead atoms. The summed E-state index contributed by atoms with van der Waals surface area (Å²) in [5.74, 6) is 0. The van der Waals surface area contributed by atoms with Gasteiger partial charge in [0.25, 0.3) is 46.9 Å². The first-order chi connectivity index (χ1) is 10.2. The van der Waals surface area contributed by atoms with E-state index in [1.807, 2.05) is 0 Å². The van der Waals surface area contributed by atoms with Crippen molar-refractivity contribution < 1.29 is 133 Å². The number of hydrogen-bond acceptors (Lipinski definition) is 18. The summed E-state index contributed by atoms with van der Waals surface area (Å²) in [4.78, 5) is 65.8. The molecule has 27 heteroatoms. The van der Waals surface area contributed by atoms with Crippen LogP contribution in [0, 0.1) is 0 Å². The van der Waals surface area contributed by atoms with Gasteiger partial charge in [-0.05, 0) is 0 Å². The molecule has 1 aliphatic rings. The number of phosphoric acid groups is 6. The fraction of sp³-hybridized carbons (Fsp3) is 0. The molecule has 0 spiro atoms. The van der Waals surface area contributed by atoms with Gasteiger partial charge >= 0.3 is 50.3 Å². The zero-order valence-electron chi connectivity index (χ0n) is 11.0. The fourth-order valence-electron chi connectivity index (χ4n) is 0.824. The van der Waals surface area contributed by atoms with E-state index in [2.05, 4.69) is 25.9 Å². The molecule has 1 rings (SSSR count). The van der Waals surface area contributed by atoms with Gasteiger partial charge in [-0.15, -0.1) is 0 Å². The normalized spacial score (nSPS) is 49.1. The van der Waals surface area contributed by atoms with Crippen LogP contribution < -0.4 is 29.4 Å². The minimum atomic E-state index is -6.56. The molecule has 0 aromatic rings. The van der Waals surface area contributed by atoms with E-state index in [0.29, 0.717) is 0 Å². The molecule has 165 valence electrons. The van der Waals surface area contributed by atoms with E-state index in [0.717, 1.165) is 0 Å². The van der Waals surface area contributed by atoms with E-state index >= 15 is 0 Å². The van der Waals surface area contributed by atoms with Crippen molar-refractivity contribution in [3.05, 3.63) is 0 Å². The summed E-state index contributed by atoms with van der Waals surface area (Å²) in [6.07, 6.45) is 0. The molecule has 0 aromatic heterocycles. The minimum Gasteiger partial charge on any atom is -0.756 e. The minimum absolute atomic E-state index is 0. The molecule has 0 N–H and O–H groups in total. The van der Waals surface area contributed by atoms with Crippen molar-refractivity contribution in [3.63, 3.8) is 0 Å². The number of hydrogen-bond donors (Lipinski definition) is 0. The molecule has 1 aliphatic heterocycles. The van der Waals surface area contributed by atoms with E-state index in [4.69, 9.17) is 0 Å². The molecule has 0 amide bonds. The van der Waals surface area contributed by atoms with Crippen LogP contribution in [0.4, 0.5) is 0 Å². The zero-order valence-corrected chi connectivity index (χ0v) is 19.5. The molecule has 27 heavy (non-hydrogen) atoms. The van der Waals surface area contributed by atoms with Crippen molar-refractivity contribution in [1.29, 1.82) is 0 Å². The predicted molar refractivity (Wildman–Crippen MR) is 52.1 cm³/mol. The smallest absolute Gasteiger partial charge is 0.756 e. The predicted octanol–water partition coefficient (Wildman–Crippen LogP) is -3.10. The quantitative estimate of drug-likeness (QED) is 0.234. The maximum absolute atomic E-state index is 11.0. The summed E-state index contributed by atoms with van der Waals surface area (Å²) in [7, 11) is -39.3. The third-order valence-electron chi connectivity index (χ3n) is 1.20. The Kier molecular flexibility index (Phi) is 13.7. The van der Waals surface area contributed by atoms with Gasteiger partial charge < -0.3 is 29.4 Å². The van der Waals surface area contributed by atoms with Crippen LogP contribution in [0.15, 0.2) is 0 Å². The van der Waals surface area contributed by atoms with Crippen LogP contribution in [0.3, 0.4) is 0 Å². The SMILES string of the molecule is O=P1([O-])OP(=O)([O-])OP(=O)([O-])OP(=O)([O-])OP(=O)([O-])OP(=O)([O-])O1.[Co+2].[Co+2].[Co+2]. The Bertz CT molecular complexity index is 588. The van der Waals surface area contributed by atoms with Crippen LogP contribution in [0.2, 0.25) is 0 Å². The molecule has 18 nitrogen and oxygen atoms in total. The Morgan fingerprint density at radius 3 is 0.481 bits per heavy atom. The molecule has 1 fully saturated rings. The van der Waals surface area contributed by atoms with E-state index in [1.54, 1.807) is 0 Å². The van der Waals surface area contributed by atoms with Gasteiger partial charge in [0.1, 0.15) is 0 Å². The third kappa shape index (κ3) is 13.4. The average molecular weight is 651 g/mol. The molecule has 3 radical (unpaired) electrons. The van der Waals surface area contributed by atoms with Gasteiger partial charge in [-0.1, -0.05) is 0 Å². The van der Waals surface area contributed by atoms with Gasteiger partial charge in [-0.3, -0.25) is 27.4 Å². The maximum atomic E-state index is 11.0. The maximum Gasteiger partial charge on any atom is 2.00 e. The first kappa shape index (κ1) is 34.0. The van der Waals surface area contributed by atoms with Crippen molar-refractivity contribution in [2.45, 2.75) is 0 Å². The topological polar surface area (TPSA) is 296 Å². The van der Waals surface area contributed by atoms with E-state index in [-0.39, 0.29) is 50.3 Å². The third-order valence-corrected chi connectivity index (χ3v) is 10.8. The van der Waals surface area contributed by atoms with E-state index < -0.39 is 46.9 Å². The Balaban J connectivity index is -0.00000192. The summed E-state index contributed by atoms with van der Waals surface area (Å²) >= 11 is 0. The Hall–Kier alpha value is 2.42. The average Bonchev–Trinajstić information content (AvgIpc) is 1.98. The second-order valence-corrected chi connectivity index (χ2v) is 12.5. The summed E-state index contributed by atoms with van der Waals surface area (Å²) in [5.41, 5.74) is 0. The largest absolute Gasteiger partial charge is 2.00 e. The fourth-order valence-corrected chi connectivity index (χ4v) is 9.03. The van der Waals surface area contributed by atoms with Crippen LogP contribution >= 0.6 is 46.9 Å². The molecule has 1 saturated heterocycles. The van der Waals surface area contributed by atoms with Crippen molar-refractivity contribution in [3.8, 4) is 0 Å². The monoisotopic (exact) mass is 651 g/mol. The van der Waals surface area contributed by atoms with Gasteiger partial charge in [0.2, 0.25) is 0 Å². The standard InChI is InChI=1S/3Co.H6O18P6/c;;;1-19(2)13-20(3,4)15-22(7,8)17-24(11,12)18-23(9,10)16-21(5,6)14-19/h;;;(H,1,2)(H,3,4)(H,5,6)(H,7,8)(H,9,10)(H,11,12)/q3*+2;/p-6. The Morgan fingerprint density at radius 2 is 0.407 bits per heavy atom.